The quantitative estimate of drug-likeness (QED) is 0.382. The highest BCUT2D eigenvalue weighted by Crippen LogP contribution is 2.34. The summed E-state index contributed by atoms with van der Waals surface area (Å²) in [5.74, 6) is 7.09. The first-order valence-corrected chi connectivity index (χ1v) is 4.86. The van der Waals surface area contributed by atoms with Crippen molar-refractivity contribution in [3.8, 4) is 0 Å². The van der Waals surface area contributed by atoms with Gasteiger partial charge in [-0.05, 0) is 24.7 Å². The van der Waals surface area contributed by atoms with Gasteiger partial charge < -0.3 is 0 Å². The van der Waals surface area contributed by atoms with Crippen LogP contribution in [-0.4, -0.2) is 6.04 Å². The first kappa shape index (κ1) is 9.75. The summed E-state index contributed by atoms with van der Waals surface area (Å²) in [4.78, 5) is 0. The predicted molar refractivity (Wildman–Crippen MR) is 52.4 cm³/mol. The highest BCUT2D eigenvalue weighted by molar-refractivity contribution is 4.87. The van der Waals surface area contributed by atoms with Crippen LogP contribution in [0.5, 0.6) is 0 Å². The summed E-state index contributed by atoms with van der Waals surface area (Å²) in [6.45, 7) is 6.07. The lowest BCUT2D eigenvalue weighted by Crippen LogP contribution is -2.41. The summed E-state index contributed by atoms with van der Waals surface area (Å²) in [6, 6.07) is 0.444. The van der Waals surface area contributed by atoms with Crippen LogP contribution < -0.4 is 11.3 Å². The topological polar surface area (TPSA) is 38.0 Å². The van der Waals surface area contributed by atoms with Gasteiger partial charge in [-0.2, -0.15) is 0 Å². The van der Waals surface area contributed by atoms with Crippen LogP contribution in [0.4, 0.5) is 0 Å². The number of hydrogen-bond donors (Lipinski definition) is 2. The number of hydrazine groups is 1. The molecule has 12 heavy (non-hydrogen) atoms. The fourth-order valence-corrected chi connectivity index (χ4v) is 2.32. The second-order valence-electron chi connectivity index (χ2n) is 3.87. The molecule has 1 aliphatic rings. The van der Waals surface area contributed by atoms with Crippen molar-refractivity contribution < 1.29 is 0 Å². The van der Waals surface area contributed by atoms with Gasteiger partial charge in [-0.25, -0.2) is 0 Å². The van der Waals surface area contributed by atoms with Crippen LogP contribution >= 0.6 is 0 Å². The Kier molecular flexibility index (Phi) is 3.76. The van der Waals surface area contributed by atoms with Crippen molar-refractivity contribution in [3.05, 3.63) is 12.7 Å². The molecule has 0 heterocycles. The minimum absolute atomic E-state index is 0.444. The Morgan fingerprint density at radius 2 is 2.42 bits per heavy atom. The van der Waals surface area contributed by atoms with E-state index >= 15 is 0 Å². The van der Waals surface area contributed by atoms with Crippen molar-refractivity contribution in [2.24, 2.45) is 17.7 Å². The lowest BCUT2D eigenvalue weighted by atomic mass is 9.89. The monoisotopic (exact) mass is 168 g/mol. The zero-order chi connectivity index (χ0) is 8.97. The summed E-state index contributed by atoms with van der Waals surface area (Å²) in [6.07, 6.45) is 6.99. The molecule has 1 fully saturated rings. The summed E-state index contributed by atoms with van der Waals surface area (Å²) >= 11 is 0. The summed E-state index contributed by atoms with van der Waals surface area (Å²) in [5, 5.41) is 0. The minimum Gasteiger partial charge on any atom is -0.271 e. The van der Waals surface area contributed by atoms with Gasteiger partial charge in [0.05, 0.1) is 0 Å². The largest absolute Gasteiger partial charge is 0.271 e. The Morgan fingerprint density at radius 1 is 1.67 bits per heavy atom. The van der Waals surface area contributed by atoms with E-state index in [0.29, 0.717) is 6.04 Å². The van der Waals surface area contributed by atoms with Crippen molar-refractivity contribution >= 4 is 0 Å². The molecule has 3 unspecified atom stereocenters. The van der Waals surface area contributed by atoms with Gasteiger partial charge >= 0.3 is 0 Å². The molecule has 0 saturated heterocycles. The lowest BCUT2D eigenvalue weighted by Gasteiger charge is -2.24. The van der Waals surface area contributed by atoms with Gasteiger partial charge in [0.1, 0.15) is 0 Å². The second kappa shape index (κ2) is 4.63. The van der Waals surface area contributed by atoms with Gasteiger partial charge in [0.2, 0.25) is 0 Å². The minimum atomic E-state index is 0.444. The molecule has 1 saturated carbocycles. The number of nitrogens with two attached hydrogens (primary N) is 1. The average molecular weight is 168 g/mol. The highest BCUT2D eigenvalue weighted by atomic mass is 15.2. The van der Waals surface area contributed by atoms with Gasteiger partial charge in [-0.3, -0.25) is 11.3 Å². The third-order valence-electron chi connectivity index (χ3n) is 3.08. The third kappa shape index (κ3) is 2.08. The van der Waals surface area contributed by atoms with Gasteiger partial charge in [0, 0.05) is 6.04 Å². The van der Waals surface area contributed by atoms with Crippen molar-refractivity contribution in [2.45, 2.75) is 38.6 Å². The molecule has 0 amide bonds. The maximum Gasteiger partial charge on any atom is 0.0275 e. The maximum atomic E-state index is 5.50. The Hall–Kier alpha value is -0.340. The first-order valence-electron chi connectivity index (χ1n) is 4.86. The molecule has 2 heteroatoms. The standard InChI is InChI=1S/C10H20N2/c1-3-5-10(12-11)9-7-4-6-8(9)2/h3,8-10,12H,1,4-7,11H2,2H3. The van der Waals surface area contributed by atoms with E-state index in [2.05, 4.69) is 18.9 Å². The highest BCUT2D eigenvalue weighted by Gasteiger charge is 2.29. The van der Waals surface area contributed by atoms with Crippen LogP contribution in [-0.2, 0) is 0 Å². The van der Waals surface area contributed by atoms with Gasteiger partial charge in [0.25, 0.3) is 0 Å². The van der Waals surface area contributed by atoms with Gasteiger partial charge in [-0.1, -0.05) is 25.8 Å². The molecule has 70 valence electrons. The third-order valence-corrected chi connectivity index (χ3v) is 3.08. The zero-order valence-corrected chi connectivity index (χ0v) is 7.92. The molecule has 3 atom stereocenters. The number of rotatable bonds is 4. The van der Waals surface area contributed by atoms with E-state index in [9.17, 15) is 0 Å². The summed E-state index contributed by atoms with van der Waals surface area (Å²) in [5.41, 5.74) is 2.90. The molecule has 0 aromatic carbocycles. The zero-order valence-electron chi connectivity index (χ0n) is 7.92. The Bertz CT molecular complexity index is 145. The molecule has 2 nitrogen and oxygen atoms in total. The van der Waals surface area contributed by atoms with Crippen molar-refractivity contribution in [2.75, 3.05) is 0 Å². The molecule has 0 aliphatic heterocycles. The first-order chi connectivity index (χ1) is 5.79. The van der Waals surface area contributed by atoms with Crippen LogP contribution in [0.1, 0.15) is 32.6 Å². The number of hydrogen-bond acceptors (Lipinski definition) is 2. The maximum absolute atomic E-state index is 5.50. The van der Waals surface area contributed by atoms with E-state index < -0.39 is 0 Å². The van der Waals surface area contributed by atoms with Crippen LogP contribution in [0.2, 0.25) is 0 Å². The molecule has 1 aliphatic carbocycles. The van der Waals surface area contributed by atoms with Crippen molar-refractivity contribution in [1.29, 1.82) is 0 Å². The van der Waals surface area contributed by atoms with Crippen LogP contribution in [0.25, 0.3) is 0 Å². The van der Waals surface area contributed by atoms with E-state index in [1.165, 1.54) is 19.3 Å². The molecule has 3 N–H and O–H groups in total. The second-order valence-corrected chi connectivity index (χ2v) is 3.87. The Balaban J connectivity index is 2.46. The van der Waals surface area contributed by atoms with Crippen LogP contribution in [0.3, 0.4) is 0 Å². The smallest absolute Gasteiger partial charge is 0.0275 e. The van der Waals surface area contributed by atoms with E-state index in [0.717, 1.165) is 18.3 Å². The van der Waals surface area contributed by atoms with Gasteiger partial charge in [-0.15, -0.1) is 6.58 Å². The molecular weight excluding hydrogens is 148 g/mol. The predicted octanol–water partition coefficient (Wildman–Crippen LogP) is 1.83. The van der Waals surface area contributed by atoms with Crippen molar-refractivity contribution in [3.63, 3.8) is 0 Å². The molecule has 0 bridgehead atoms. The summed E-state index contributed by atoms with van der Waals surface area (Å²) < 4.78 is 0. The van der Waals surface area contributed by atoms with Crippen LogP contribution in [0.15, 0.2) is 12.7 Å². The molecular formula is C10H20N2. The van der Waals surface area contributed by atoms with E-state index in [-0.39, 0.29) is 0 Å². The van der Waals surface area contributed by atoms with E-state index in [1.54, 1.807) is 0 Å². The fraction of sp³-hybridized carbons (Fsp3) is 0.800. The normalized spacial score (nSPS) is 31.8. The molecule has 1 rings (SSSR count). The fourth-order valence-electron chi connectivity index (χ4n) is 2.32. The van der Waals surface area contributed by atoms with Crippen LogP contribution in [0, 0.1) is 11.8 Å². The Morgan fingerprint density at radius 3 is 2.83 bits per heavy atom. The molecule has 0 radical (unpaired) electrons. The van der Waals surface area contributed by atoms with E-state index in [1.807, 2.05) is 6.08 Å². The summed E-state index contributed by atoms with van der Waals surface area (Å²) in [7, 11) is 0. The molecule has 0 spiro atoms. The average Bonchev–Trinajstić information content (AvgIpc) is 2.47. The lowest BCUT2D eigenvalue weighted by molar-refractivity contribution is 0.301. The molecule has 0 aromatic rings. The van der Waals surface area contributed by atoms with Crippen molar-refractivity contribution in [1.82, 2.24) is 5.43 Å². The van der Waals surface area contributed by atoms with E-state index in [4.69, 9.17) is 5.84 Å². The van der Waals surface area contributed by atoms with Gasteiger partial charge in [0.15, 0.2) is 0 Å². The Labute approximate surface area is 75.2 Å². The number of nitrogens with one attached hydrogen (secondary N) is 1. The molecule has 0 aromatic heterocycles. The SMILES string of the molecule is C=CCC(NN)C1CCCC1C.